The standard InChI is InChI=1S/C22H31N5O2.C6H8O7/c1-28-20-5-4-6-21(17-20)29-16-15-25-11-13-26(14-12-25)18-19-7-8-23-22(24-19)27-9-2-3-10-27;7-3(8)1-6(13,5(11)12)2-4(9)10/h4-8,17H,2-3,9-16,18H2,1H3;13H,1-2H2,(H,7,8)(H,9,10)(H,11,12). The van der Waals surface area contributed by atoms with E-state index in [2.05, 4.69) is 19.7 Å². The van der Waals surface area contributed by atoms with Crippen LogP contribution < -0.4 is 14.4 Å². The number of hydrogen-bond donors (Lipinski definition) is 4. The van der Waals surface area contributed by atoms with Gasteiger partial charge in [0.05, 0.1) is 25.6 Å². The highest BCUT2D eigenvalue weighted by Gasteiger charge is 2.40. The van der Waals surface area contributed by atoms with E-state index < -0.39 is 36.4 Å². The molecule has 1 aromatic carbocycles. The number of carboxylic acid groups (broad SMARTS) is 3. The van der Waals surface area contributed by atoms with Gasteiger partial charge in [0.25, 0.3) is 0 Å². The summed E-state index contributed by atoms with van der Waals surface area (Å²) in [5.74, 6) is -2.43. The van der Waals surface area contributed by atoms with Crippen LogP contribution in [0.4, 0.5) is 5.95 Å². The normalized spacial score (nSPS) is 15.9. The zero-order valence-corrected chi connectivity index (χ0v) is 23.7. The van der Waals surface area contributed by atoms with Gasteiger partial charge in [-0.1, -0.05) is 6.07 Å². The Balaban J connectivity index is 0.000000316. The number of benzene rings is 1. The summed E-state index contributed by atoms with van der Waals surface area (Å²) in [7, 11) is 1.67. The minimum atomic E-state index is -2.74. The van der Waals surface area contributed by atoms with Crippen LogP contribution in [0.25, 0.3) is 0 Å². The van der Waals surface area contributed by atoms with E-state index in [0.29, 0.717) is 6.61 Å². The molecule has 3 heterocycles. The van der Waals surface area contributed by atoms with Crippen LogP contribution in [0, 0.1) is 0 Å². The summed E-state index contributed by atoms with van der Waals surface area (Å²) < 4.78 is 11.1. The quantitative estimate of drug-likeness (QED) is 0.259. The molecule has 4 rings (SSSR count). The summed E-state index contributed by atoms with van der Waals surface area (Å²) in [5.41, 5.74) is -1.62. The third-order valence-electron chi connectivity index (χ3n) is 6.94. The molecule has 0 bridgehead atoms. The van der Waals surface area contributed by atoms with Gasteiger partial charge in [0, 0.05) is 64.6 Å². The Morgan fingerprint density at radius 3 is 2.12 bits per heavy atom. The topological polar surface area (TPSA) is 186 Å². The fourth-order valence-electron chi connectivity index (χ4n) is 4.64. The average Bonchev–Trinajstić information content (AvgIpc) is 3.49. The molecule has 1 aromatic heterocycles. The van der Waals surface area contributed by atoms with Crippen molar-refractivity contribution in [2.45, 2.75) is 37.8 Å². The highest BCUT2D eigenvalue weighted by molar-refractivity contribution is 5.88. The lowest BCUT2D eigenvalue weighted by Gasteiger charge is -2.34. The molecule has 14 nitrogen and oxygen atoms in total. The molecule has 0 radical (unpaired) electrons. The number of aliphatic carboxylic acids is 3. The van der Waals surface area contributed by atoms with Gasteiger partial charge in [0.1, 0.15) is 18.1 Å². The largest absolute Gasteiger partial charge is 0.497 e. The summed E-state index contributed by atoms with van der Waals surface area (Å²) in [6, 6.07) is 9.83. The first-order chi connectivity index (χ1) is 20.1. The summed E-state index contributed by atoms with van der Waals surface area (Å²) >= 11 is 0. The molecule has 2 aliphatic heterocycles. The Hall–Kier alpha value is -4.01. The number of carboxylic acids is 3. The van der Waals surface area contributed by atoms with Crippen molar-refractivity contribution in [3.05, 3.63) is 42.2 Å². The van der Waals surface area contributed by atoms with Crippen molar-refractivity contribution in [2.24, 2.45) is 0 Å². The number of carbonyl (C=O) groups is 3. The van der Waals surface area contributed by atoms with Crippen molar-refractivity contribution in [1.82, 2.24) is 19.8 Å². The van der Waals surface area contributed by atoms with E-state index in [1.807, 2.05) is 36.5 Å². The predicted octanol–water partition coefficient (Wildman–Crippen LogP) is 1.03. The molecule has 2 saturated heterocycles. The lowest BCUT2D eigenvalue weighted by molar-refractivity contribution is -0.170. The van der Waals surface area contributed by atoms with Crippen LogP contribution in [0.15, 0.2) is 36.5 Å². The minimum absolute atomic E-state index is 0.693. The molecule has 2 aromatic rings. The van der Waals surface area contributed by atoms with Crippen molar-refractivity contribution in [1.29, 1.82) is 0 Å². The zero-order chi connectivity index (χ0) is 30.5. The van der Waals surface area contributed by atoms with E-state index in [0.717, 1.165) is 75.5 Å². The Bertz CT molecular complexity index is 1170. The second-order valence-electron chi connectivity index (χ2n) is 10.2. The Kier molecular flexibility index (Phi) is 12.3. The van der Waals surface area contributed by atoms with Gasteiger partial charge in [-0.15, -0.1) is 0 Å². The molecule has 0 spiro atoms. The Morgan fingerprint density at radius 2 is 1.52 bits per heavy atom. The maximum Gasteiger partial charge on any atom is 0.336 e. The first-order valence-electron chi connectivity index (χ1n) is 13.8. The number of aromatic nitrogens is 2. The van der Waals surface area contributed by atoms with E-state index in [9.17, 15) is 14.4 Å². The number of nitrogens with zero attached hydrogens (tertiary/aromatic N) is 5. The maximum atomic E-state index is 10.3. The van der Waals surface area contributed by atoms with E-state index in [4.69, 9.17) is 34.9 Å². The van der Waals surface area contributed by atoms with Crippen molar-refractivity contribution in [2.75, 3.05) is 64.4 Å². The molecule has 230 valence electrons. The Morgan fingerprint density at radius 1 is 0.905 bits per heavy atom. The molecular weight excluding hydrogens is 550 g/mol. The lowest BCUT2D eigenvalue weighted by Crippen LogP contribution is -2.47. The van der Waals surface area contributed by atoms with Gasteiger partial charge in [0.15, 0.2) is 5.60 Å². The third-order valence-corrected chi connectivity index (χ3v) is 6.94. The SMILES string of the molecule is COc1cccc(OCCN2CCN(Cc3ccnc(N4CCCC4)n3)CC2)c1.O=C(O)CC(O)(CC(=O)O)C(=O)O. The smallest absolute Gasteiger partial charge is 0.336 e. The van der Waals surface area contributed by atoms with Crippen LogP contribution in [0.3, 0.4) is 0 Å². The lowest BCUT2D eigenvalue weighted by atomic mass is 9.96. The molecule has 42 heavy (non-hydrogen) atoms. The van der Waals surface area contributed by atoms with Crippen LogP contribution in [0.2, 0.25) is 0 Å². The van der Waals surface area contributed by atoms with Gasteiger partial charge >= 0.3 is 17.9 Å². The second kappa shape index (κ2) is 15.8. The monoisotopic (exact) mass is 589 g/mol. The fraction of sp³-hybridized carbons (Fsp3) is 0.536. The van der Waals surface area contributed by atoms with Gasteiger partial charge in [-0.3, -0.25) is 19.4 Å². The van der Waals surface area contributed by atoms with Gasteiger partial charge in [-0.2, -0.15) is 0 Å². The first-order valence-corrected chi connectivity index (χ1v) is 13.8. The third kappa shape index (κ3) is 10.4. The minimum Gasteiger partial charge on any atom is -0.497 e. The number of rotatable bonds is 13. The van der Waals surface area contributed by atoms with Gasteiger partial charge in [-0.05, 0) is 31.0 Å². The molecule has 2 aliphatic rings. The molecule has 4 N–H and O–H groups in total. The van der Waals surface area contributed by atoms with Crippen molar-refractivity contribution in [3.8, 4) is 11.5 Å². The molecular formula is C28H39N5O9. The zero-order valence-electron chi connectivity index (χ0n) is 23.7. The molecule has 0 atom stereocenters. The van der Waals surface area contributed by atoms with E-state index in [1.54, 1.807) is 7.11 Å². The number of hydrogen-bond acceptors (Lipinski definition) is 11. The summed E-state index contributed by atoms with van der Waals surface area (Å²) in [6.45, 7) is 8.94. The number of methoxy groups -OCH3 is 1. The van der Waals surface area contributed by atoms with Crippen molar-refractivity contribution < 1.29 is 44.3 Å². The van der Waals surface area contributed by atoms with Crippen molar-refractivity contribution >= 4 is 23.9 Å². The molecule has 2 fully saturated rings. The average molecular weight is 590 g/mol. The number of piperazine rings is 1. The van der Waals surface area contributed by atoms with E-state index in [1.165, 1.54) is 12.8 Å². The molecule has 0 saturated carbocycles. The molecule has 0 unspecified atom stereocenters. The van der Waals surface area contributed by atoms with Crippen LogP contribution in [0.1, 0.15) is 31.4 Å². The van der Waals surface area contributed by atoms with E-state index >= 15 is 0 Å². The van der Waals surface area contributed by atoms with Crippen LogP contribution in [-0.4, -0.2) is 123 Å². The molecule has 0 amide bonds. The van der Waals surface area contributed by atoms with Gasteiger partial charge in [-0.25, -0.2) is 14.8 Å². The summed E-state index contributed by atoms with van der Waals surface area (Å²) in [6.07, 6.45) is 2.11. The first kappa shape index (κ1) is 32.5. The van der Waals surface area contributed by atoms with Gasteiger partial charge < -0.3 is 34.8 Å². The van der Waals surface area contributed by atoms with Crippen LogP contribution in [0.5, 0.6) is 11.5 Å². The number of anilines is 1. The summed E-state index contributed by atoms with van der Waals surface area (Å²) in [5, 5.41) is 33.8. The van der Waals surface area contributed by atoms with Gasteiger partial charge in [0.2, 0.25) is 5.95 Å². The predicted molar refractivity (Wildman–Crippen MR) is 151 cm³/mol. The second-order valence-corrected chi connectivity index (χ2v) is 10.2. The molecule has 14 heteroatoms. The highest BCUT2D eigenvalue weighted by Crippen LogP contribution is 2.19. The summed E-state index contributed by atoms with van der Waals surface area (Å²) in [4.78, 5) is 47.0. The fourth-order valence-corrected chi connectivity index (χ4v) is 4.64. The van der Waals surface area contributed by atoms with E-state index in [-0.39, 0.29) is 0 Å². The van der Waals surface area contributed by atoms with Crippen LogP contribution >= 0.6 is 0 Å². The number of aliphatic hydroxyl groups is 1. The Labute approximate surface area is 244 Å². The number of ether oxygens (including phenoxy) is 2. The van der Waals surface area contributed by atoms with Crippen LogP contribution in [-0.2, 0) is 20.9 Å². The highest BCUT2D eigenvalue weighted by atomic mass is 16.5. The molecule has 0 aliphatic carbocycles. The van der Waals surface area contributed by atoms with Crippen molar-refractivity contribution in [3.63, 3.8) is 0 Å². The maximum absolute atomic E-state index is 10.3.